The summed E-state index contributed by atoms with van der Waals surface area (Å²) < 4.78 is 26.3. The summed E-state index contributed by atoms with van der Waals surface area (Å²) in [6.45, 7) is 2.82. The summed E-state index contributed by atoms with van der Waals surface area (Å²) in [5.41, 5.74) is 1.25. The van der Waals surface area contributed by atoms with Gasteiger partial charge < -0.3 is 10.2 Å². The van der Waals surface area contributed by atoms with Crippen molar-refractivity contribution in [3.63, 3.8) is 0 Å². The molecule has 0 saturated heterocycles. The summed E-state index contributed by atoms with van der Waals surface area (Å²) in [5.74, 6) is -0.981. The highest BCUT2D eigenvalue weighted by Crippen LogP contribution is 2.30. The van der Waals surface area contributed by atoms with Gasteiger partial charge in [-0.15, -0.1) is 0 Å². The number of likely N-dealkylation sites (N-methyl/N-ethyl adjacent to an activating group) is 1. The van der Waals surface area contributed by atoms with Crippen LogP contribution in [0, 0.1) is 6.92 Å². The van der Waals surface area contributed by atoms with Crippen LogP contribution in [0.5, 0.6) is 0 Å². The lowest BCUT2D eigenvalue weighted by Crippen LogP contribution is -2.51. The highest BCUT2D eigenvalue weighted by Gasteiger charge is 2.32. The number of rotatable bonds is 9. The summed E-state index contributed by atoms with van der Waals surface area (Å²) >= 11 is 18.8. The number of nitrogens with zero attached hydrogens (tertiary/aromatic N) is 2. The third kappa shape index (κ3) is 6.53. The molecule has 0 aliphatic rings. The molecule has 7 nitrogen and oxygen atoms in total. The Bertz CT molecular complexity index is 1120. The molecule has 33 heavy (non-hydrogen) atoms. The van der Waals surface area contributed by atoms with Gasteiger partial charge in [-0.1, -0.05) is 53.9 Å². The Labute approximate surface area is 209 Å². The highest BCUT2D eigenvalue weighted by atomic mass is 35.5. The van der Waals surface area contributed by atoms with Crippen LogP contribution in [0.2, 0.25) is 15.1 Å². The largest absolute Gasteiger partial charge is 0.357 e. The van der Waals surface area contributed by atoms with Crippen LogP contribution in [0.1, 0.15) is 24.5 Å². The molecule has 0 radical (unpaired) electrons. The molecule has 0 spiro atoms. The number of amides is 2. The van der Waals surface area contributed by atoms with Gasteiger partial charge in [-0.05, 0) is 43.2 Å². The van der Waals surface area contributed by atoms with E-state index in [-0.39, 0.29) is 18.1 Å². The van der Waals surface area contributed by atoms with E-state index >= 15 is 0 Å². The topological polar surface area (TPSA) is 86.8 Å². The average molecular weight is 535 g/mol. The molecule has 180 valence electrons. The van der Waals surface area contributed by atoms with Crippen molar-refractivity contribution < 1.29 is 18.0 Å². The van der Waals surface area contributed by atoms with E-state index in [1.807, 2.05) is 0 Å². The molecule has 0 unspecified atom stereocenters. The molecule has 0 aliphatic heterocycles. The smallest absolute Gasteiger partial charge is 0.244 e. The van der Waals surface area contributed by atoms with Crippen LogP contribution in [0.15, 0.2) is 36.4 Å². The predicted octanol–water partition coefficient (Wildman–Crippen LogP) is 4.27. The second-order valence-corrected chi connectivity index (χ2v) is 10.5. The van der Waals surface area contributed by atoms with E-state index in [9.17, 15) is 18.0 Å². The van der Waals surface area contributed by atoms with Gasteiger partial charge in [0.15, 0.2) is 0 Å². The summed E-state index contributed by atoms with van der Waals surface area (Å²) in [4.78, 5) is 27.4. The lowest BCUT2D eigenvalue weighted by atomic mass is 10.1. The van der Waals surface area contributed by atoms with Crippen molar-refractivity contribution in [1.29, 1.82) is 0 Å². The third-order valence-electron chi connectivity index (χ3n) is 5.21. The Morgan fingerprint density at radius 3 is 2.09 bits per heavy atom. The lowest BCUT2D eigenvalue weighted by Gasteiger charge is -2.33. The quantitative estimate of drug-likeness (QED) is 0.520. The number of halogens is 3. The zero-order chi connectivity index (χ0) is 24.9. The van der Waals surface area contributed by atoms with Gasteiger partial charge in [0.25, 0.3) is 0 Å². The first-order chi connectivity index (χ1) is 15.4. The molecule has 0 fully saturated rings. The minimum absolute atomic E-state index is 0.0740. The van der Waals surface area contributed by atoms with Gasteiger partial charge in [-0.3, -0.25) is 13.9 Å². The average Bonchev–Trinajstić information content (AvgIpc) is 2.74. The van der Waals surface area contributed by atoms with E-state index < -0.39 is 28.5 Å². The van der Waals surface area contributed by atoms with Crippen LogP contribution in [-0.2, 0) is 26.2 Å². The lowest BCUT2D eigenvalue weighted by molar-refractivity contribution is -0.140. The molecule has 2 aromatic rings. The molecule has 0 bridgehead atoms. The van der Waals surface area contributed by atoms with E-state index in [0.717, 1.165) is 10.6 Å². The fourth-order valence-corrected chi connectivity index (χ4v) is 4.99. The molecule has 2 rings (SSSR count). The standard InChI is InChI=1S/C22H26Cl3N3O4S/c1-5-19(22(30)26-3)27(12-15-17(24)9-6-10-18(15)25)21(29)13-28(33(4,31)32)20-11-7-8-16(23)14(20)2/h6-11,19H,5,12-13H2,1-4H3,(H,26,30)/t19-/m1/s1. The molecule has 0 aromatic heterocycles. The van der Waals surface area contributed by atoms with Gasteiger partial charge in [0.2, 0.25) is 21.8 Å². The molecule has 2 aromatic carbocycles. The molecule has 1 N–H and O–H groups in total. The van der Waals surface area contributed by atoms with Gasteiger partial charge in [0.1, 0.15) is 12.6 Å². The zero-order valence-electron chi connectivity index (χ0n) is 18.7. The van der Waals surface area contributed by atoms with E-state index in [2.05, 4.69) is 5.32 Å². The van der Waals surface area contributed by atoms with Crippen LogP contribution < -0.4 is 9.62 Å². The van der Waals surface area contributed by atoms with Crippen molar-refractivity contribution in [2.24, 2.45) is 0 Å². The van der Waals surface area contributed by atoms with Crippen LogP contribution in [0.4, 0.5) is 5.69 Å². The van der Waals surface area contributed by atoms with E-state index in [4.69, 9.17) is 34.8 Å². The molecule has 1 atom stereocenters. The number of hydrogen-bond acceptors (Lipinski definition) is 4. The third-order valence-corrected chi connectivity index (χ3v) is 7.45. The van der Waals surface area contributed by atoms with Crippen LogP contribution in [0.25, 0.3) is 0 Å². The number of anilines is 1. The first kappa shape index (κ1) is 27.2. The zero-order valence-corrected chi connectivity index (χ0v) is 21.8. The van der Waals surface area contributed by atoms with Crippen molar-refractivity contribution in [2.45, 2.75) is 32.9 Å². The summed E-state index contributed by atoms with van der Waals surface area (Å²) in [5, 5.41) is 3.58. The fraction of sp³-hybridized carbons (Fsp3) is 0.364. The van der Waals surface area contributed by atoms with Crippen molar-refractivity contribution in [1.82, 2.24) is 10.2 Å². The number of carbonyl (C=O) groups excluding carboxylic acids is 2. The number of carbonyl (C=O) groups is 2. The molecule has 0 heterocycles. The van der Waals surface area contributed by atoms with Crippen molar-refractivity contribution in [2.75, 3.05) is 24.2 Å². The molecule has 2 amide bonds. The molecular weight excluding hydrogens is 509 g/mol. The van der Waals surface area contributed by atoms with Crippen molar-refractivity contribution in [3.05, 3.63) is 62.6 Å². The van der Waals surface area contributed by atoms with Crippen molar-refractivity contribution in [3.8, 4) is 0 Å². The van der Waals surface area contributed by atoms with E-state index in [1.165, 1.54) is 11.9 Å². The molecular formula is C22H26Cl3N3O4S. The van der Waals surface area contributed by atoms with Gasteiger partial charge in [-0.25, -0.2) is 8.42 Å². The van der Waals surface area contributed by atoms with Gasteiger partial charge in [0, 0.05) is 34.2 Å². The van der Waals surface area contributed by atoms with E-state index in [1.54, 1.807) is 50.2 Å². The maximum Gasteiger partial charge on any atom is 0.244 e. The van der Waals surface area contributed by atoms with Crippen LogP contribution in [0.3, 0.4) is 0 Å². The van der Waals surface area contributed by atoms with Crippen LogP contribution in [-0.4, -0.2) is 51.0 Å². The summed E-state index contributed by atoms with van der Waals surface area (Å²) in [6, 6.07) is 8.87. The highest BCUT2D eigenvalue weighted by molar-refractivity contribution is 7.92. The minimum Gasteiger partial charge on any atom is -0.357 e. The Balaban J connectivity index is 2.54. The second kappa shape index (κ2) is 11.4. The molecule has 0 saturated carbocycles. The van der Waals surface area contributed by atoms with Crippen molar-refractivity contribution >= 4 is 62.3 Å². The molecule has 0 aliphatic carbocycles. The Kier molecular flexibility index (Phi) is 9.43. The summed E-state index contributed by atoms with van der Waals surface area (Å²) in [6.07, 6.45) is 1.30. The Morgan fingerprint density at radius 2 is 1.58 bits per heavy atom. The Hall–Kier alpha value is -2.00. The number of hydrogen-bond donors (Lipinski definition) is 1. The second-order valence-electron chi connectivity index (χ2n) is 7.41. The van der Waals surface area contributed by atoms with Gasteiger partial charge in [0.05, 0.1) is 11.9 Å². The van der Waals surface area contributed by atoms with E-state index in [0.29, 0.717) is 32.6 Å². The van der Waals surface area contributed by atoms with Gasteiger partial charge in [-0.2, -0.15) is 0 Å². The first-order valence-corrected chi connectivity index (χ1v) is 13.1. The maximum atomic E-state index is 13.5. The number of nitrogens with one attached hydrogen (secondary N) is 1. The van der Waals surface area contributed by atoms with Crippen LogP contribution >= 0.6 is 34.8 Å². The fourth-order valence-electron chi connectivity index (χ4n) is 3.40. The summed E-state index contributed by atoms with van der Waals surface area (Å²) in [7, 11) is -2.39. The minimum atomic E-state index is -3.86. The monoisotopic (exact) mass is 533 g/mol. The predicted molar refractivity (Wildman–Crippen MR) is 134 cm³/mol. The number of sulfonamides is 1. The first-order valence-electron chi connectivity index (χ1n) is 10.1. The SMILES string of the molecule is CC[C@H](C(=O)NC)N(Cc1c(Cl)cccc1Cl)C(=O)CN(c1cccc(Cl)c1C)S(C)(=O)=O. The maximum absolute atomic E-state index is 13.5. The normalized spacial score (nSPS) is 12.2. The van der Waals surface area contributed by atoms with Gasteiger partial charge >= 0.3 is 0 Å². The molecule has 11 heteroatoms. The number of benzene rings is 2. The Morgan fingerprint density at radius 1 is 1.03 bits per heavy atom.